The second kappa shape index (κ2) is 13.4. The van der Waals surface area contributed by atoms with Crippen LogP contribution in [0.4, 0.5) is 4.79 Å². The lowest BCUT2D eigenvalue weighted by Crippen LogP contribution is -2.33. The standard InChI is InChI=1S/C31H46NO2P/c1-26-18-14-15-23-29(26)35(28-21-12-9-13-22-28,27-19-10-5-6-11-20-27)25-17-8-7-16-24-32-30(33)34-31(2,3)4/h5,9-15,20-21,23,26-28H,6-8,16-19,22,24-25H2,1-4H3/p+1. The summed E-state index contributed by atoms with van der Waals surface area (Å²) < 4.78 is 5.35. The quantitative estimate of drug-likeness (QED) is 0.186. The summed E-state index contributed by atoms with van der Waals surface area (Å²) in [4.78, 5) is 11.9. The molecular weight excluding hydrogens is 449 g/mol. The van der Waals surface area contributed by atoms with Crippen LogP contribution in [0.3, 0.4) is 0 Å². The minimum absolute atomic E-state index is 0.306. The maximum absolute atomic E-state index is 11.9. The molecule has 35 heavy (non-hydrogen) atoms. The number of ether oxygens (including phenoxy) is 1. The molecule has 4 atom stereocenters. The molecule has 0 radical (unpaired) electrons. The summed E-state index contributed by atoms with van der Waals surface area (Å²) in [6, 6.07) is 0. The van der Waals surface area contributed by atoms with Gasteiger partial charge in [0, 0.05) is 25.3 Å². The monoisotopic (exact) mass is 496 g/mol. The van der Waals surface area contributed by atoms with E-state index in [1.807, 2.05) is 20.8 Å². The summed E-state index contributed by atoms with van der Waals surface area (Å²) in [6.45, 7) is 8.84. The van der Waals surface area contributed by atoms with Gasteiger partial charge >= 0.3 is 6.09 Å². The maximum atomic E-state index is 11.9. The molecule has 0 saturated heterocycles. The minimum atomic E-state index is -1.46. The second-order valence-corrected chi connectivity index (χ2v) is 15.4. The number of alkyl carbamates (subject to hydrolysis) is 1. The van der Waals surface area contributed by atoms with Crippen LogP contribution in [0.15, 0.2) is 72.2 Å². The Morgan fingerprint density at radius 3 is 2.40 bits per heavy atom. The number of allylic oxidation sites excluding steroid dienone is 12. The van der Waals surface area contributed by atoms with Gasteiger partial charge in [0.05, 0.1) is 30.1 Å². The van der Waals surface area contributed by atoms with E-state index in [0.29, 0.717) is 23.8 Å². The van der Waals surface area contributed by atoms with Crippen molar-refractivity contribution in [1.82, 2.24) is 5.32 Å². The SMILES string of the molecule is CC1CC=CC=C1[P+](CCCCCCNC(=O)OC(C)(C)C)(C1C=CC=CC1)C1C=CCC=CC1. The zero-order chi connectivity index (χ0) is 25.2. The highest BCUT2D eigenvalue weighted by atomic mass is 31.2. The molecule has 0 spiro atoms. The number of nitrogens with one attached hydrogen (secondary N) is 1. The van der Waals surface area contributed by atoms with Crippen molar-refractivity contribution in [1.29, 1.82) is 0 Å². The van der Waals surface area contributed by atoms with Crippen molar-refractivity contribution in [3.05, 3.63) is 72.2 Å². The third-order valence-electron chi connectivity index (χ3n) is 7.32. The van der Waals surface area contributed by atoms with E-state index >= 15 is 0 Å². The van der Waals surface area contributed by atoms with E-state index in [9.17, 15) is 4.79 Å². The molecule has 3 aliphatic carbocycles. The minimum Gasteiger partial charge on any atom is -0.444 e. The highest BCUT2D eigenvalue weighted by Crippen LogP contribution is 2.77. The molecule has 3 rings (SSSR count). The van der Waals surface area contributed by atoms with Gasteiger partial charge in [0.25, 0.3) is 0 Å². The Hall–Kier alpha value is -1.86. The molecule has 0 aliphatic heterocycles. The Kier molecular flexibility index (Phi) is 10.7. The van der Waals surface area contributed by atoms with Crippen molar-refractivity contribution in [3.63, 3.8) is 0 Å². The van der Waals surface area contributed by atoms with E-state index in [1.54, 1.807) is 5.31 Å². The zero-order valence-corrected chi connectivity index (χ0v) is 23.3. The summed E-state index contributed by atoms with van der Waals surface area (Å²) in [7, 11) is -1.46. The fraction of sp³-hybridized carbons (Fsp3) is 0.581. The van der Waals surface area contributed by atoms with E-state index < -0.39 is 12.9 Å². The van der Waals surface area contributed by atoms with Gasteiger partial charge in [0.2, 0.25) is 0 Å². The first kappa shape index (κ1) is 27.7. The van der Waals surface area contributed by atoms with E-state index in [2.05, 4.69) is 79.1 Å². The fourth-order valence-corrected chi connectivity index (χ4v) is 11.8. The largest absolute Gasteiger partial charge is 0.444 e. The van der Waals surface area contributed by atoms with Gasteiger partial charge in [-0.2, -0.15) is 0 Å². The van der Waals surface area contributed by atoms with E-state index in [4.69, 9.17) is 4.74 Å². The Balaban J connectivity index is 1.69. The van der Waals surface area contributed by atoms with Crippen LogP contribution in [0.1, 0.15) is 79.1 Å². The van der Waals surface area contributed by atoms with Crippen LogP contribution in [0.25, 0.3) is 0 Å². The number of rotatable bonds is 10. The van der Waals surface area contributed by atoms with E-state index in [0.717, 1.165) is 19.3 Å². The summed E-state index contributed by atoms with van der Waals surface area (Å²) >= 11 is 0. The van der Waals surface area contributed by atoms with Crippen molar-refractivity contribution in [3.8, 4) is 0 Å². The lowest BCUT2D eigenvalue weighted by atomic mass is 10.0. The van der Waals surface area contributed by atoms with Crippen LogP contribution >= 0.6 is 7.26 Å². The van der Waals surface area contributed by atoms with E-state index in [1.165, 1.54) is 38.3 Å². The molecule has 1 amide bonds. The van der Waals surface area contributed by atoms with Gasteiger partial charge in [-0.3, -0.25) is 0 Å². The Morgan fingerprint density at radius 1 is 0.914 bits per heavy atom. The molecule has 1 N–H and O–H groups in total. The average Bonchev–Trinajstić information content (AvgIpc) is 3.11. The van der Waals surface area contributed by atoms with Crippen LogP contribution < -0.4 is 5.32 Å². The Morgan fingerprint density at radius 2 is 1.66 bits per heavy atom. The molecule has 3 aliphatic rings. The third-order valence-corrected chi connectivity index (χ3v) is 13.1. The number of carbonyl (C=O) groups excluding carboxylic acids is 1. The molecule has 0 aromatic carbocycles. The van der Waals surface area contributed by atoms with Crippen LogP contribution in [-0.4, -0.2) is 35.7 Å². The predicted octanol–water partition coefficient (Wildman–Crippen LogP) is 8.73. The molecule has 3 nitrogen and oxygen atoms in total. The van der Waals surface area contributed by atoms with E-state index in [-0.39, 0.29) is 6.09 Å². The number of unbranched alkanes of at least 4 members (excludes halogenated alkanes) is 3. The van der Waals surface area contributed by atoms with Gasteiger partial charge in [-0.1, -0.05) is 62.0 Å². The molecular formula is C31H47NO2P+. The predicted molar refractivity (Wildman–Crippen MR) is 153 cm³/mol. The molecule has 0 aromatic rings. The molecule has 0 aromatic heterocycles. The number of carbonyl (C=O) groups is 1. The molecule has 192 valence electrons. The number of hydrogen-bond donors (Lipinski definition) is 1. The van der Waals surface area contributed by atoms with Gasteiger partial charge in [-0.15, -0.1) is 0 Å². The second-order valence-electron chi connectivity index (χ2n) is 11.2. The van der Waals surface area contributed by atoms with Crippen LogP contribution in [0, 0.1) is 5.92 Å². The van der Waals surface area contributed by atoms with Crippen molar-refractivity contribution >= 4 is 13.4 Å². The van der Waals surface area contributed by atoms with Crippen molar-refractivity contribution in [2.24, 2.45) is 5.92 Å². The third kappa shape index (κ3) is 8.07. The normalized spacial score (nSPS) is 25.6. The van der Waals surface area contributed by atoms with Crippen LogP contribution in [-0.2, 0) is 4.74 Å². The zero-order valence-electron chi connectivity index (χ0n) is 22.4. The first-order chi connectivity index (χ1) is 16.8. The highest BCUT2D eigenvalue weighted by Gasteiger charge is 2.53. The van der Waals surface area contributed by atoms with Crippen molar-refractivity contribution in [2.75, 3.05) is 12.7 Å². The fourth-order valence-electron chi connectivity index (χ4n) is 5.71. The first-order valence-corrected chi connectivity index (χ1v) is 15.8. The van der Waals surface area contributed by atoms with Crippen molar-refractivity contribution < 1.29 is 9.53 Å². The summed E-state index contributed by atoms with van der Waals surface area (Å²) in [5.74, 6) is 0.631. The highest BCUT2D eigenvalue weighted by molar-refractivity contribution is 7.81. The lowest BCUT2D eigenvalue weighted by molar-refractivity contribution is 0.0527. The molecule has 4 heteroatoms. The topological polar surface area (TPSA) is 38.3 Å². The number of amides is 1. The van der Waals surface area contributed by atoms with Gasteiger partial charge in [0.15, 0.2) is 0 Å². The van der Waals surface area contributed by atoms with Gasteiger partial charge in [-0.25, -0.2) is 4.79 Å². The van der Waals surface area contributed by atoms with Crippen molar-refractivity contribution in [2.45, 2.75) is 96.0 Å². The molecule has 4 unspecified atom stereocenters. The van der Waals surface area contributed by atoms with Gasteiger partial charge < -0.3 is 10.1 Å². The summed E-state index contributed by atoms with van der Waals surface area (Å²) in [6.07, 6.45) is 36.6. The molecule has 0 saturated carbocycles. The summed E-state index contributed by atoms with van der Waals surface area (Å²) in [5, 5.41) is 4.68. The van der Waals surface area contributed by atoms with Gasteiger partial charge in [0.1, 0.15) is 5.60 Å². The smallest absolute Gasteiger partial charge is 0.407 e. The molecule has 0 bridgehead atoms. The van der Waals surface area contributed by atoms with Gasteiger partial charge in [-0.05, 0) is 71.1 Å². The Bertz CT molecular complexity index is 873. The van der Waals surface area contributed by atoms with Crippen LogP contribution in [0.2, 0.25) is 0 Å². The number of hydrogen-bond acceptors (Lipinski definition) is 2. The van der Waals surface area contributed by atoms with Crippen LogP contribution in [0.5, 0.6) is 0 Å². The molecule has 0 fully saturated rings. The first-order valence-electron chi connectivity index (χ1n) is 13.7. The molecule has 0 heterocycles. The Labute approximate surface area is 214 Å². The summed E-state index contributed by atoms with van der Waals surface area (Å²) in [5.41, 5.74) is 0.834. The maximum Gasteiger partial charge on any atom is 0.407 e. The average molecular weight is 497 g/mol. The lowest BCUT2D eigenvalue weighted by Gasteiger charge is -2.42.